The summed E-state index contributed by atoms with van der Waals surface area (Å²) in [5.74, 6) is -1.21. The van der Waals surface area contributed by atoms with Gasteiger partial charge in [0.1, 0.15) is 12.6 Å². The van der Waals surface area contributed by atoms with Gasteiger partial charge < -0.3 is 10.2 Å². The first-order valence-electron chi connectivity index (χ1n) is 13.2. The molecule has 2 unspecified atom stereocenters. The average Bonchev–Trinajstić information content (AvgIpc) is 2.93. The highest BCUT2D eigenvalue weighted by atomic mass is 35.5. The number of rotatable bonds is 12. The molecule has 0 saturated heterocycles. The normalized spacial score (nSPS) is 13.2. The van der Waals surface area contributed by atoms with E-state index in [1.54, 1.807) is 48.5 Å². The van der Waals surface area contributed by atoms with Crippen molar-refractivity contribution < 1.29 is 31.2 Å². The van der Waals surface area contributed by atoms with Crippen LogP contribution >= 0.6 is 11.6 Å². The summed E-state index contributed by atoms with van der Waals surface area (Å²) in [4.78, 5) is 28.9. The van der Waals surface area contributed by atoms with E-state index >= 15 is 0 Å². The van der Waals surface area contributed by atoms with Crippen molar-refractivity contribution in [3.05, 3.63) is 101 Å². The Morgan fingerprint density at radius 3 is 2.17 bits per heavy atom. The van der Waals surface area contributed by atoms with Crippen LogP contribution in [-0.2, 0) is 38.8 Å². The lowest BCUT2D eigenvalue weighted by Crippen LogP contribution is -2.54. The van der Waals surface area contributed by atoms with Gasteiger partial charge in [-0.2, -0.15) is 13.2 Å². The molecule has 12 heteroatoms. The molecule has 0 heterocycles. The fourth-order valence-corrected chi connectivity index (χ4v) is 5.20. The largest absolute Gasteiger partial charge is 0.416 e. The molecule has 0 aliphatic rings. The molecule has 3 rings (SSSR count). The van der Waals surface area contributed by atoms with Gasteiger partial charge in [0.25, 0.3) is 0 Å². The van der Waals surface area contributed by atoms with E-state index in [1.807, 2.05) is 19.9 Å². The van der Waals surface area contributed by atoms with Crippen LogP contribution in [0.25, 0.3) is 0 Å². The summed E-state index contributed by atoms with van der Waals surface area (Å²) in [5, 5.41) is 3.37. The van der Waals surface area contributed by atoms with Gasteiger partial charge in [-0.3, -0.25) is 13.9 Å². The second-order valence-electron chi connectivity index (χ2n) is 9.99. The van der Waals surface area contributed by atoms with Crippen LogP contribution in [0.15, 0.2) is 78.9 Å². The maximum atomic E-state index is 14.0. The zero-order valence-electron chi connectivity index (χ0n) is 23.4. The molecule has 0 aromatic heterocycles. The highest BCUT2D eigenvalue weighted by molar-refractivity contribution is 7.92. The second-order valence-corrected chi connectivity index (χ2v) is 12.3. The molecule has 0 fully saturated rings. The molecule has 7 nitrogen and oxygen atoms in total. The molecule has 2 amide bonds. The molecular weight excluding hydrogens is 591 g/mol. The van der Waals surface area contributed by atoms with Gasteiger partial charge in [0, 0.05) is 24.0 Å². The number of hydrogen-bond donors (Lipinski definition) is 1. The van der Waals surface area contributed by atoms with Gasteiger partial charge >= 0.3 is 6.18 Å². The fraction of sp³-hybridized carbons (Fsp3) is 0.333. The van der Waals surface area contributed by atoms with Gasteiger partial charge in [0.15, 0.2) is 0 Å². The van der Waals surface area contributed by atoms with E-state index in [2.05, 4.69) is 5.32 Å². The molecule has 0 saturated carbocycles. The van der Waals surface area contributed by atoms with Crippen molar-refractivity contribution in [1.82, 2.24) is 10.2 Å². The van der Waals surface area contributed by atoms with E-state index in [-0.39, 0.29) is 24.7 Å². The minimum Gasteiger partial charge on any atom is -0.352 e. The van der Waals surface area contributed by atoms with Gasteiger partial charge in [-0.15, -0.1) is 0 Å². The molecule has 3 aromatic rings. The molecule has 0 bridgehead atoms. The van der Waals surface area contributed by atoms with Crippen LogP contribution in [0.3, 0.4) is 0 Å². The summed E-state index contributed by atoms with van der Waals surface area (Å²) in [6.45, 7) is 2.81. The summed E-state index contributed by atoms with van der Waals surface area (Å²) >= 11 is 6.04. The van der Waals surface area contributed by atoms with Crippen LogP contribution < -0.4 is 9.62 Å². The first kappa shape index (κ1) is 32.9. The number of sulfonamides is 1. The van der Waals surface area contributed by atoms with Crippen LogP contribution in [0, 0.1) is 0 Å². The summed E-state index contributed by atoms with van der Waals surface area (Å²) in [6.07, 6.45) is -3.17. The van der Waals surface area contributed by atoms with Gasteiger partial charge in [0.05, 0.1) is 17.5 Å². The average molecular weight is 624 g/mol. The Labute approximate surface area is 249 Å². The Morgan fingerprint density at radius 2 is 1.60 bits per heavy atom. The van der Waals surface area contributed by atoms with Crippen LogP contribution in [0.2, 0.25) is 5.02 Å². The zero-order chi connectivity index (χ0) is 31.1. The van der Waals surface area contributed by atoms with E-state index in [0.717, 1.165) is 24.0 Å². The Hall–Kier alpha value is -3.57. The molecule has 0 aliphatic carbocycles. The van der Waals surface area contributed by atoms with Crippen LogP contribution in [0.1, 0.15) is 37.0 Å². The number of benzene rings is 3. The number of nitrogens with one attached hydrogen (secondary N) is 1. The fourth-order valence-electron chi connectivity index (χ4n) is 4.23. The van der Waals surface area contributed by atoms with Crippen molar-refractivity contribution >= 4 is 39.1 Å². The standard InChI is InChI=1S/C30H33ClF3N3O4S/c1-4-21(2)35-29(39)27(17-22-9-6-5-7-10-22)36(19-23-13-15-25(31)16-14-23)28(38)20-37(42(3,40)41)26-12-8-11-24(18-26)30(32,33)34/h5-16,18,21,27H,4,17,19-20H2,1-3H3,(H,35,39). The second kappa shape index (κ2) is 14.1. The van der Waals surface area contributed by atoms with E-state index in [4.69, 9.17) is 11.6 Å². The number of alkyl halides is 3. The Kier molecular flexibility index (Phi) is 11.0. The van der Waals surface area contributed by atoms with Crippen molar-refractivity contribution in [2.24, 2.45) is 0 Å². The molecule has 0 spiro atoms. The maximum Gasteiger partial charge on any atom is 0.416 e. The number of halogens is 4. The minimum absolute atomic E-state index is 0.0817. The van der Waals surface area contributed by atoms with E-state index in [0.29, 0.717) is 27.4 Å². The molecule has 3 aromatic carbocycles. The lowest BCUT2D eigenvalue weighted by molar-refractivity contribution is -0.140. The third-order valence-electron chi connectivity index (χ3n) is 6.68. The number of carbonyl (C=O) groups excluding carboxylic acids is 2. The van der Waals surface area contributed by atoms with Gasteiger partial charge in [-0.1, -0.05) is 67.1 Å². The molecule has 1 N–H and O–H groups in total. The van der Waals surface area contributed by atoms with Gasteiger partial charge in [-0.05, 0) is 54.8 Å². The third-order valence-corrected chi connectivity index (χ3v) is 8.07. The van der Waals surface area contributed by atoms with Gasteiger partial charge in [-0.25, -0.2) is 8.42 Å². The molecule has 0 radical (unpaired) electrons. The summed E-state index contributed by atoms with van der Waals surface area (Å²) in [6, 6.07) is 18.1. The molecule has 42 heavy (non-hydrogen) atoms. The first-order valence-corrected chi connectivity index (χ1v) is 15.4. The summed E-state index contributed by atoms with van der Waals surface area (Å²) < 4.78 is 66.5. The Balaban J connectivity index is 2.08. The number of amides is 2. The molecule has 226 valence electrons. The summed E-state index contributed by atoms with van der Waals surface area (Å²) in [5.41, 5.74) is -0.00882. The van der Waals surface area contributed by atoms with Crippen molar-refractivity contribution in [3.63, 3.8) is 0 Å². The highest BCUT2D eigenvalue weighted by Crippen LogP contribution is 2.32. The SMILES string of the molecule is CCC(C)NC(=O)C(Cc1ccccc1)N(Cc1ccc(Cl)cc1)C(=O)CN(c1cccc(C(F)(F)F)c1)S(C)(=O)=O. The lowest BCUT2D eigenvalue weighted by atomic mass is 10.0. The van der Waals surface area contributed by atoms with Crippen molar-refractivity contribution in [2.45, 2.75) is 51.5 Å². The molecule has 2 atom stereocenters. The smallest absolute Gasteiger partial charge is 0.352 e. The number of nitrogens with zero attached hydrogens (tertiary/aromatic N) is 2. The third kappa shape index (κ3) is 9.22. The maximum absolute atomic E-state index is 14.0. The van der Waals surface area contributed by atoms with Crippen molar-refractivity contribution in [2.75, 3.05) is 17.1 Å². The number of carbonyl (C=O) groups is 2. The monoisotopic (exact) mass is 623 g/mol. The van der Waals surface area contributed by atoms with Crippen LogP contribution in [0.4, 0.5) is 18.9 Å². The van der Waals surface area contributed by atoms with Crippen LogP contribution in [-0.4, -0.2) is 50.0 Å². The van der Waals surface area contributed by atoms with E-state index in [1.165, 1.54) is 11.0 Å². The lowest BCUT2D eigenvalue weighted by Gasteiger charge is -2.34. The van der Waals surface area contributed by atoms with Crippen LogP contribution in [0.5, 0.6) is 0 Å². The highest BCUT2D eigenvalue weighted by Gasteiger charge is 2.35. The number of hydrogen-bond acceptors (Lipinski definition) is 4. The van der Waals surface area contributed by atoms with Gasteiger partial charge in [0.2, 0.25) is 21.8 Å². The summed E-state index contributed by atoms with van der Waals surface area (Å²) in [7, 11) is -4.21. The minimum atomic E-state index is -4.72. The van der Waals surface area contributed by atoms with E-state index in [9.17, 15) is 31.2 Å². The molecule has 0 aliphatic heterocycles. The Morgan fingerprint density at radius 1 is 0.952 bits per heavy atom. The van der Waals surface area contributed by atoms with Crippen molar-refractivity contribution in [3.8, 4) is 0 Å². The quantitative estimate of drug-likeness (QED) is 0.281. The van der Waals surface area contributed by atoms with E-state index < -0.39 is 46.2 Å². The Bertz CT molecular complexity index is 1470. The van der Waals surface area contributed by atoms with Crippen molar-refractivity contribution in [1.29, 1.82) is 0 Å². The molecular formula is C30H33ClF3N3O4S. The topological polar surface area (TPSA) is 86.8 Å². The predicted molar refractivity (Wildman–Crippen MR) is 157 cm³/mol. The predicted octanol–water partition coefficient (Wildman–Crippen LogP) is 5.68. The zero-order valence-corrected chi connectivity index (χ0v) is 25.0. The number of anilines is 1. The first-order chi connectivity index (χ1) is 19.7.